The van der Waals surface area contributed by atoms with Gasteiger partial charge < -0.3 is 14.9 Å². The van der Waals surface area contributed by atoms with Crippen molar-refractivity contribution < 1.29 is 19.7 Å². The summed E-state index contributed by atoms with van der Waals surface area (Å²) in [5.74, 6) is -0.174. The molecule has 5 nitrogen and oxygen atoms in total. The number of aliphatic hydroxyl groups excluding tert-OH is 1. The summed E-state index contributed by atoms with van der Waals surface area (Å²) in [6, 6.07) is 28.0. The minimum Gasteiger partial charge on any atom is -0.468 e. The van der Waals surface area contributed by atoms with Crippen molar-refractivity contribution in [3.05, 3.63) is 107 Å². The normalized spacial score (nSPS) is 16.2. The third-order valence-electron chi connectivity index (χ3n) is 8.27. The number of hydrogen-bond acceptors (Lipinski definition) is 5. The van der Waals surface area contributed by atoms with Crippen LogP contribution in [0.5, 0.6) is 0 Å². The van der Waals surface area contributed by atoms with Crippen molar-refractivity contribution >= 4 is 5.97 Å². The van der Waals surface area contributed by atoms with Gasteiger partial charge in [-0.2, -0.15) is 0 Å². The van der Waals surface area contributed by atoms with Crippen molar-refractivity contribution in [1.29, 1.82) is 0 Å². The van der Waals surface area contributed by atoms with Crippen LogP contribution in [-0.2, 0) is 27.0 Å². The number of nitrogens with zero attached hydrogens (tertiary/aromatic N) is 1. The van der Waals surface area contributed by atoms with Gasteiger partial charge in [-0.1, -0.05) is 84.9 Å². The monoisotopic (exact) mass is 515 g/mol. The molecule has 1 saturated heterocycles. The summed E-state index contributed by atoms with van der Waals surface area (Å²) in [5, 5.41) is 23.0. The van der Waals surface area contributed by atoms with Crippen LogP contribution in [0.3, 0.4) is 0 Å². The van der Waals surface area contributed by atoms with Crippen LogP contribution in [0.2, 0.25) is 0 Å². The first kappa shape index (κ1) is 28.0. The van der Waals surface area contributed by atoms with Gasteiger partial charge in [-0.3, -0.25) is 9.69 Å². The van der Waals surface area contributed by atoms with Gasteiger partial charge in [-0.25, -0.2) is 0 Å². The van der Waals surface area contributed by atoms with E-state index in [2.05, 4.69) is 17.0 Å². The predicted octanol–water partition coefficient (Wildman–Crippen LogP) is 5.43. The molecule has 0 bridgehead atoms. The molecular weight excluding hydrogens is 474 g/mol. The quantitative estimate of drug-likeness (QED) is 0.353. The van der Waals surface area contributed by atoms with Gasteiger partial charge in [0.15, 0.2) is 0 Å². The molecule has 1 aliphatic rings. The van der Waals surface area contributed by atoms with Crippen LogP contribution in [0, 0.1) is 5.92 Å². The second-order valence-corrected chi connectivity index (χ2v) is 11.0. The van der Waals surface area contributed by atoms with Crippen molar-refractivity contribution in [2.45, 2.75) is 63.2 Å². The van der Waals surface area contributed by atoms with E-state index in [4.69, 9.17) is 4.74 Å². The third kappa shape index (κ3) is 6.01. The number of piperidine rings is 1. The van der Waals surface area contributed by atoms with Gasteiger partial charge in [0.05, 0.1) is 12.5 Å². The number of rotatable bonds is 10. The first-order chi connectivity index (χ1) is 18.3. The van der Waals surface area contributed by atoms with E-state index in [9.17, 15) is 15.0 Å². The Bertz CT molecular complexity index is 1110. The van der Waals surface area contributed by atoms with E-state index in [1.165, 1.54) is 12.7 Å². The molecule has 0 saturated carbocycles. The maximum Gasteiger partial charge on any atom is 0.315 e. The number of methoxy groups -OCH3 is 1. The molecule has 1 heterocycles. The van der Waals surface area contributed by atoms with Gasteiger partial charge in [0, 0.05) is 13.1 Å². The Morgan fingerprint density at radius 2 is 1.42 bits per heavy atom. The molecule has 0 aromatic heterocycles. The number of carbonyl (C=O) groups excluding carboxylic acids is 1. The van der Waals surface area contributed by atoms with Crippen molar-refractivity contribution in [3.8, 4) is 0 Å². The summed E-state index contributed by atoms with van der Waals surface area (Å²) >= 11 is 0. The lowest BCUT2D eigenvalue weighted by molar-refractivity contribution is -0.146. The SMILES string of the molecule is COC(=O)C(C)(C)c1ccc(CCCC(O)N2CCC(C(O)(c3ccccc3)c3ccccc3)CC2)cc1. The number of benzene rings is 3. The fourth-order valence-corrected chi connectivity index (χ4v) is 5.77. The number of hydrogen-bond donors (Lipinski definition) is 2. The van der Waals surface area contributed by atoms with Crippen LogP contribution in [0.4, 0.5) is 0 Å². The minimum atomic E-state index is -1.05. The average molecular weight is 516 g/mol. The van der Waals surface area contributed by atoms with Crippen LogP contribution >= 0.6 is 0 Å². The van der Waals surface area contributed by atoms with Gasteiger partial charge >= 0.3 is 5.97 Å². The van der Waals surface area contributed by atoms with Crippen molar-refractivity contribution in [3.63, 3.8) is 0 Å². The van der Waals surface area contributed by atoms with Gasteiger partial charge in [-0.05, 0) is 74.1 Å². The zero-order chi connectivity index (χ0) is 27.2. The van der Waals surface area contributed by atoms with E-state index in [0.717, 1.165) is 55.5 Å². The lowest BCUT2D eigenvalue weighted by atomic mass is 9.72. The highest BCUT2D eigenvalue weighted by Gasteiger charge is 2.42. The Kier molecular flexibility index (Phi) is 9.03. The molecule has 5 heteroatoms. The fraction of sp³-hybridized carbons (Fsp3) is 0.424. The molecule has 0 spiro atoms. The van der Waals surface area contributed by atoms with Gasteiger partial charge in [-0.15, -0.1) is 0 Å². The maximum atomic E-state index is 12.1. The lowest BCUT2D eigenvalue weighted by Gasteiger charge is -2.43. The zero-order valence-electron chi connectivity index (χ0n) is 22.8. The van der Waals surface area contributed by atoms with Gasteiger partial charge in [0.2, 0.25) is 0 Å². The smallest absolute Gasteiger partial charge is 0.315 e. The highest BCUT2D eigenvalue weighted by atomic mass is 16.5. The molecule has 0 radical (unpaired) electrons. The third-order valence-corrected chi connectivity index (χ3v) is 8.27. The van der Waals surface area contributed by atoms with E-state index < -0.39 is 17.2 Å². The topological polar surface area (TPSA) is 70.0 Å². The summed E-state index contributed by atoms with van der Waals surface area (Å²) in [7, 11) is 1.42. The van der Waals surface area contributed by atoms with Crippen LogP contribution in [0.15, 0.2) is 84.9 Å². The van der Waals surface area contributed by atoms with Crippen LogP contribution < -0.4 is 0 Å². The second-order valence-electron chi connectivity index (χ2n) is 11.0. The molecule has 3 aromatic rings. The summed E-state index contributed by atoms with van der Waals surface area (Å²) < 4.78 is 4.93. The molecule has 1 unspecified atom stereocenters. The minimum absolute atomic E-state index is 0.0727. The number of ether oxygens (including phenoxy) is 1. The molecule has 1 aliphatic heterocycles. The van der Waals surface area contributed by atoms with Gasteiger partial charge in [0.25, 0.3) is 0 Å². The highest BCUT2D eigenvalue weighted by Crippen LogP contribution is 2.42. The standard InChI is InChI=1S/C33H41NO4/c1-32(2,31(36)38-3)26-19-17-25(18-20-26)11-10-16-30(35)34-23-21-29(22-24-34)33(37,27-12-6-4-7-13-27)28-14-8-5-9-15-28/h4-9,12-15,17-20,29-30,35,37H,10-11,16,21-24H2,1-3H3. The van der Waals surface area contributed by atoms with Crippen LogP contribution in [0.25, 0.3) is 0 Å². The van der Waals surface area contributed by atoms with E-state index in [0.29, 0.717) is 6.42 Å². The number of aryl methyl sites for hydroxylation is 1. The molecule has 202 valence electrons. The van der Waals surface area contributed by atoms with E-state index in [1.54, 1.807) is 0 Å². The molecule has 0 aliphatic carbocycles. The second kappa shape index (κ2) is 12.2. The molecule has 1 atom stereocenters. The Labute approximate surface area is 227 Å². The van der Waals surface area contributed by atoms with Crippen molar-refractivity contribution in [2.24, 2.45) is 5.92 Å². The number of aliphatic hydroxyl groups is 2. The average Bonchev–Trinajstić information content (AvgIpc) is 2.97. The van der Waals surface area contributed by atoms with E-state index >= 15 is 0 Å². The van der Waals surface area contributed by atoms with E-state index in [-0.39, 0.29) is 11.9 Å². The number of esters is 1. The first-order valence-corrected chi connectivity index (χ1v) is 13.7. The summed E-state index contributed by atoms with van der Waals surface area (Å²) in [5.41, 5.74) is 2.24. The lowest BCUT2D eigenvalue weighted by Crippen LogP contribution is -2.47. The summed E-state index contributed by atoms with van der Waals surface area (Å²) in [6.07, 6.45) is 3.58. The Hall–Kier alpha value is -2.99. The first-order valence-electron chi connectivity index (χ1n) is 13.7. The molecular formula is C33H41NO4. The fourth-order valence-electron chi connectivity index (χ4n) is 5.77. The Morgan fingerprint density at radius 1 is 0.895 bits per heavy atom. The zero-order valence-corrected chi connectivity index (χ0v) is 22.8. The van der Waals surface area contributed by atoms with Crippen molar-refractivity contribution in [1.82, 2.24) is 4.90 Å². The van der Waals surface area contributed by atoms with Crippen LogP contribution in [0.1, 0.15) is 61.8 Å². The Balaban J connectivity index is 1.31. The Morgan fingerprint density at radius 3 is 1.92 bits per heavy atom. The molecule has 3 aromatic carbocycles. The highest BCUT2D eigenvalue weighted by molar-refractivity contribution is 5.82. The van der Waals surface area contributed by atoms with E-state index in [1.807, 2.05) is 86.6 Å². The maximum absolute atomic E-state index is 12.1. The molecule has 2 N–H and O–H groups in total. The number of likely N-dealkylation sites (tertiary alicyclic amines) is 1. The molecule has 0 amide bonds. The van der Waals surface area contributed by atoms with Crippen LogP contribution in [-0.4, -0.2) is 47.5 Å². The predicted molar refractivity (Wildman–Crippen MR) is 151 cm³/mol. The number of carbonyl (C=O) groups is 1. The van der Waals surface area contributed by atoms with Crippen molar-refractivity contribution in [2.75, 3.05) is 20.2 Å². The summed E-state index contributed by atoms with van der Waals surface area (Å²) in [4.78, 5) is 14.2. The largest absolute Gasteiger partial charge is 0.468 e. The molecule has 1 fully saturated rings. The van der Waals surface area contributed by atoms with Gasteiger partial charge in [0.1, 0.15) is 11.8 Å². The molecule has 38 heavy (non-hydrogen) atoms. The molecule has 4 rings (SSSR count). The summed E-state index contributed by atoms with van der Waals surface area (Å²) in [6.45, 7) is 5.25.